The Morgan fingerprint density at radius 3 is 2.82 bits per heavy atom. The quantitative estimate of drug-likeness (QED) is 0.197. The van der Waals surface area contributed by atoms with E-state index in [1.165, 1.54) is 0 Å². The summed E-state index contributed by atoms with van der Waals surface area (Å²) in [5.41, 5.74) is 6.47. The van der Waals surface area contributed by atoms with Crippen LogP contribution in [0.3, 0.4) is 0 Å². The summed E-state index contributed by atoms with van der Waals surface area (Å²) in [6.45, 7) is 0.340. The van der Waals surface area contributed by atoms with Gasteiger partial charge in [-0.3, -0.25) is 5.41 Å². The Kier molecular flexibility index (Phi) is 4.37. The van der Waals surface area contributed by atoms with Crippen LogP contribution in [0.2, 0.25) is 0 Å². The van der Waals surface area contributed by atoms with Crippen molar-refractivity contribution in [2.45, 2.75) is 0 Å². The summed E-state index contributed by atoms with van der Waals surface area (Å²) in [4.78, 5) is 9.89. The lowest BCUT2D eigenvalue weighted by atomic mass is 10.6. The minimum absolute atomic E-state index is 0.146. The van der Waals surface area contributed by atoms with Crippen LogP contribution in [0.1, 0.15) is 0 Å². The fourth-order valence-corrected chi connectivity index (χ4v) is 0.421. The van der Waals surface area contributed by atoms with E-state index >= 15 is 0 Å². The van der Waals surface area contributed by atoms with Crippen LogP contribution < -0.4 is 5.32 Å². The van der Waals surface area contributed by atoms with Crippen LogP contribution in [0.15, 0.2) is 5.22 Å². The Balaban J connectivity index is 3.43. The van der Waals surface area contributed by atoms with E-state index < -0.39 is 6.09 Å². The highest BCUT2D eigenvalue weighted by atomic mass is 16.4. The Morgan fingerprint density at radius 1 is 1.82 bits per heavy atom. The van der Waals surface area contributed by atoms with Crippen molar-refractivity contribution < 1.29 is 9.90 Å². The fraction of sp³-hybridized carbons (Fsp3) is 0.500. The molecular formula is C4H9N5O2. The van der Waals surface area contributed by atoms with Crippen molar-refractivity contribution in [2.24, 2.45) is 5.22 Å². The van der Waals surface area contributed by atoms with Crippen molar-refractivity contribution in [3.63, 3.8) is 0 Å². The molecule has 0 aromatic rings. The molecular weight excluding hydrogens is 150 g/mol. The fourth-order valence-electron chi connectivity index (χ4n) is 0.421. The number of carboxylic acid groups (broad SMARTS) is 1. The lowest BCUT2D eigenvalue weighted by Crippen LogP contribution is -2.30. The van der Waals surface area contributed by atoms with Gasteiger partial charge < -0.3 is 10.4 Å². The van der Waals surface area contributed by atoms with Crippen LogP contribution in [-0.2, 0) is 0 Å². The highest BCUT2D eigenvalue weighted by Gasteiger charge is 1.97. The first-order valence-electron chi connectivity index (χ1n) is 2.82. The Hall–Kier alpha value is -1.66. The van der Waals surface area contributed by atoms with Gasteiger partial charge in [0.15, 0.2) is 0 Å². The van der Waals surface area contributed by atoms with Gasteiger partial charge in [0.1, 0.15) is 6.34 Å². The second kappa shape index (κ2) is 5.15. The van der Waals surface area contributed by atoms with Gasteiger partial charge in [-0.1, -0.05) is 5.22 Å². The molecule has 0 saturated heterocycles. The number of amides is 1. The zero-order valence-electron chi connectivity index (χ0n) is 5.74. The number of nitrogens with one attached hydrogen (secondary N) is 3. The number of rotatable bonds is 5. The molecule has 0 spiro atoms. The van der Waals surface area contributed by atoms with Gasteiger partial charge in [-0.15, -0.1) is 0 Å². The summed E-state index contributed by atoms with van der Waals surface area (Å²) in [5.74, 6) is 0. The van der Waals surface area contributed by atoms with Gasteiger partial charge >= 0.3 is 6.09 Å². The predicted octanol–water partition coefficient (Wildman–Crippen LogP) is 0.109. The molecule has 0 aromatic heterocycles. The zero-order chi connectivity index (χ0) is 8.69. The third-order valence-corrected chi connectivity index (χ3v) is 0.895. The molecule has 0 aromatic carbocycles. The average molecular weight is 159 g/mol. The number of carbonyl (C=O) groups is 1. The van der Waals surface area contributed by atoms with Crippen molar-refractivity contribution in [2.75, 3.05) is 13.1 Å². The van der Waals surface area contributed by atoms with Crippen LogP contribution in [0.25, 0.3) is 0 Å². The molecule has 0 rings (SSSR count). The average Bonchev–Trinajstić information content (AvgIpc) is 1.98. The number of hydrogen-bond donors (Lipinski definition) is 4. The molecule has 0 bridgehead atoms. The molecule has 7 heteroatoms. The van der Waals surface area contributed by atoms with E-state index in [0.29, 0.717) is 0 Å². The smallest absolute Gasteiger partial charge is 0.404 e. The third-order valence-electron chi connectivity index (χ3n) is 0.895. The molecule has 0 saturated carbocycles. The van der Waals surface area contributed by atoms with Crippen molar-refractivity contribution in [1.82, 2.24) is 10.3 Å². The lowest BCUT2D eigenvalue weighted by Gasteiger charge is -2.08. The minimum atomic E-state index is -1.13. The summed E-state index contributed by atoms with van der Waals surface area (Å²) in [7, 11) is 0. The molecule has 4 N–H and O–H groups in total. The van der Waals surface area contributed by atoms with Gasteiger partial charge in [0.2, 0.25) is 0 Å². The van der Waals surface area contributed by atoms with Crippen LogP contribution in [0.5, 0.6) is 0 Å². The summed E-state index contributed by atoms with van der Waals surface area (Å²) in [5, 5.41) is 20.7. The molecule has 0 heterocycles. The predicted molar refractivity (Wildman–Crippen MR) is 36.7 cm³/mol. The van der Waals surface area contributed by atoms with E-state index in [1.54, 1.807) is 0 Å². The Morgan fingerprint density at radius 2 is 2.45 bits per heavy atom. The number of hydrogen-bond acceptors (Lipinski definition) is 4. The molecule has 7 nitrogen and oxygen atoms in total. The van der Waals surface area contributed by atoms with Gasteiger partial charge in [-0.2, -0.15) is 5.53 Å². The van der Waals surface area contributed by atoms with Gasteiger partial charge in [0.05, 0.1) is 6.54 Å². The van der Waals surface area contributed by atoms with Crippen molar-refractivity contribution in [1.29, 1.82) is 10.9 Å². The largest absolute Gasteiger partial charge is 0.465 e. The second-order valence-electron chi connectivity index (χ2n) is 1.62. The molecule has 0 radical (unpaired) electrons. The Bertz CT molecular complexity index is 151. The van der Waals surface area contributed by atoms with Gasteiger partial charge in [-0.05, 0) is 0 Å². The van der Waals surface area contributed by atoms with E-state index in [4.69, 9.17) is 16.0 Å². The normalized spacial score (nSPS) is 8.36. The SMILES string of the molecule is N=CN(CCNC(=O)O)N=N. The van der Waals surface area contributed by atoms with Gasteiger partial charge in [0.25, 0.3) is 0 Å². The molecule has 62 valence electrons. The zero-order valence-corrected chi connectivity index (χ0v) is 5.74. The van der Waals surface area contributed by atoms with Crippen molar-refractivity contribution in [3.8, 4) is 0 Å². The summed E-state index contributed by atoms with van der Waals surface area (Å²) < 4.78 is 0. The summed E-state index contributed by atoms with van der Waals surface area (Å²) >= 11 is 0. The van der Waals surface area contributed by atoms with Crippen molar-refractivity contribution in [3.05, 3.63) is 0 Å². The first-order chi connectivity index (χ1) is 5.20. The third kappa shape index (κ3) is 4.82. The molecule has 0 aliphatic rings. The van der Waals surface area contributed by atoms with E-state index in [-0.39, 0.29) is 13.1 Å². The highest BCUT2D eigenvalue weighted by molar-refractivity contribution is 5.64. The standard InChI is InChI=1S/C4H9N5O2/c5-3-9(8-6)2-1-7-4(10)11/h3,5-7H,1-2H2,(H,10,11). The maximum absolute atomic E-state index is 9.89. The monoisotopic (exact) mass is 159 g/mol. The molecule has 0 fully saturated rings. The lowest BCUT2D eigenvalue weighted by molar-refractivity contribution is 0.193. The first-order valence-corrected chi connectivity index (χ1v) is 2.82. The van der Waals surface area contributed by atoms with Crippen LogP contribution in [0, 0.1) is 10.9 Å². The van der Waals surface area contributed by atoms with Crippen LogP contribution in [0.4, 0.5) is 4.79 Å². The van der Waals surface area contributed by atoms with Gasteiger partial charge in [-0.25, -0.2) is 9.80 Å². The molecule has 11 heavy (non-hydrogen) atoms. The van der Waals surface area contributed by atoms with Crippen molar-refractivity contribution >= 4 is 12.4 Å². The molecule has 1 amide bonds. The molecule has 0 unspecified atom stereocenters. The van der Waals surface area contributed by atoms with E-state index in [9.17, 15) is 4.79 Å². The molecule has 0 aliphatic carbocycles. The van der Waals surface area contributed by atoms with E-state index in [1.807, 2.05) is 0 Å². The number of nitrogens with zero attached hydrogens (tertiary/aromatic N) is 2. The second-order valence-corrected chi connectivity index (χ2v) is 1.62. The summed E-state index contributed by atoms with van der Waals surface area (Å²) in [6.07, 6.45) is -0.281. The summed E-state index contributed by atoms with van der Waals surface area (Å²) in [6, 6.07) is 0. The maximum atomic E-state index is 9.89. The first kappa shape index (κ1) is 9.34. The minimum Gasteiger partial charge on any atom is -0.465 e. The highest BCUT2D eigenvalue weighted by Crippen LogP contribution is 1.79. The van der Waals surface area contributed by atoms with E-state index in [0.717, 1.165) is 11.3 Å². The van der Waals surface area contributed by atoms with Crippen LogP contribution in [-0.4, -0.2) is 35.6 Å². The molecule has 0 atom stereocenters. The van der Waals surface area contributed by atoms with E-state index in [2.05, 4.69) is 10.5 Å². The van der Waals surface area contributed by atoms with Gasteiger partial charge in [0, 0.05) is 6.54 Å². The van der Waals surface area contributed by atoms with Crippen LogP contribution >= 0.6 is 0 Å². The topological polar surface area (TPSA) is 113 Å². The Labute approximate surface area is 63.0 Å². The molecule has 0 aliphatic heterocycles. The maximum Gasteiger partial charge on any atom is 0.404 e.